The van der Waals surface area contributed by atoms with E-state index in [1.807, 2.05) is 0 Å². The number of benzene rings is 1. The molecule has 27 heavy (non-hydrogen) atoms. The molecule has 0 aliphatic heterocycles. The number of aromatic nitrogens is 2. The van der Waals surface area contributed by atoms with Gasteiger partial charge in [0.15, 0.2) is 5.78 Å². The summed E-state index contributed by atoms with van der Waals surface area (Å²) in [6, 6.07) is 4.36. The number of hydrogen-bond donors (Lipinski definition) is 0. The van der Waals surface area contributed by atoms with Gasteiger partial charge in [-0.1, -0.05) is 12.1 Å². The predicted octanol–water partition coefficient (Wildman–Crippen LogP) is 3.44. The van der Waals surface area contributed by atoms with Gasteiger partial charge in [0.05, 0.1) is 23.2 Å². The Kier molecular flexibility index (Phi) is 4.35. The minimum absolute atomic E-state index is 0.103. The lowest BCUT2D eigenvalue weighted by molar-refractivity contribution is -0.385. The number of ketones is 1. The summed E-state index contributed by atoms with van der Waals surface area (Å²) >= 11 is 1.56. The van der Waals surface area contributed by atoms with Gasteiger partial charge in [-0.15, -0.1) is 11.3 Å². The maximum Gasteiger partial charge on any atom is 0.273 e. The molecule has 3 aromatic rings. The number of rotatable bonds is 4. The van der Waals surface area contributed by atoms with Crippen LogP contribution in [0.3, 0.4) is 0 Å². The molecule has 1 aliphatic carbocycles. The Labute approximate surface area is 158 Å². The number of aryl methyl sites for hydroxylation is 3. The smallest absolute Gasteiger partial charge is 0.273 e. The quantitative estimate of drug-likeness (QED) is 0.391. The van der Waals surface area contributed by atoms with Crippen molar-refractivity contribution in [2.75, 3.05) is 0 Å². The van der Waals surface area contributed by atoms with Crippen LogP contribution in [0.2, 0.25) is 0 Å². The molecule has 2 heterocycles. The van der Waals surface area contributed by atoms with Gasteiger partial charge < -0.3 is 0 Å². The molecule has 0 amide bonds. The standard InChI is InChI=1S/C19H17N3O4S/c1-11-6-7-12(8-14(11)22(25)26)15(23)9-21-10-20-18-17(19(21)24)13-4-2-3-5-16(13)27-18/h6-8,10H,2-5,9H2,1H3. The number of nitro benzene ring substituents is 1. The van der Waals surface area contributed by atoms with Crippen molar-refractivity contribution in [2.24, 2.45) is 0 Å². The molecule has 1 aliphatic rings. The number of carbonyl (C=O) groups excluding carboxylic acids is 1. The fraction of sp³-hybridized carbons (Fsp3) is 0.316. The van der Waals surface area contributed by atoms with Gasteiger partial charge in [0.1, 0.15) is 4.83 Å². The van der Waals surface area contributed by atoms with Crippen LogP contribution in [0, 0.1) is 17.0 Å². The van der Waals surface area contributed by atoms with Gasteiger partial charge in [0, 0.05) is 22.1 Å². The molecule has 0 unspecified atom stereocenters. The number of nitro groups is 1. The van der Waals surface area contributed by atoms with Gasteiger partial charge >= 0.3 is 0 Å². The highest BCUT2D eigenvalue weighted by molar-refractivity contribution is 7.18. The van der Waals surface area contributed by atoms with Gasteiger partial charge in [-0.3, -0.25) is 24.3 Å². The van der Waals surface area contributed by atoms with E-state index in [1.165, 1.54) is 21.8 Å². The van der Waals surface area contributed by atoms with Crippen LogP contribution in [0.4, 0.5) is 5.69 Å². The van der Waals surface area contributed by atoms with Crippen molar-refractivity contribution in [2.45, 2.75) is 39.2 Å². The Balaban J connectivity index is 1.70. The Morgan fingerprint density at radius 2 is 2.11 bits per heavy atom. The van der Waals surface area contributed by atoms with Gasteiger partial charge in [-0.05, 0) is 38.2 Å². The number of Topliss-reactive ketones (excluding diaryl/α,β-unsaturated/α-hetero) is 1. The number of hydrogen-bond acceptors (Lipinski definition) is 6. The molecule has 0 atom stereocenters. The van der Waals surface area contributed by atoms with Crippen molar-refractivity contribution in [3.8, 4) is 0 Å². The third kappa shape index (κ3) is 3.06. The Morgan fingerprint density at radius 1 is 1.33 bits per heavy atom. The highest BCUT2D eigenvalue weighted by Gasteiger charge is 2.21. The molecule has 0 bridgehead atoms. The summed E-state index contributed by atoms with van der Waals surface area (Å²) in [6.07, 6.45) is 5.42. The van der Waals surface area contributed by atoms with E-state index >= 15 is 0 Å². The van der Waals surface area contributed by atoms with Gasteiger partial charge in [0.2, 0.25) is 0 Å². The SMILES string of the molecule is Cc1ccc(C(=O)Cn2cnc3sc4c(c3c2=O)CCCC4)cc1[N+](=O)[O-]. The van der Waals surface area contributed by atoms with Crippen LogP contribution >= 0.6 is 11.3 Å². The van der Waals surface area contributed by atoms with E-state index in [-0.39, 0.29) is 29.1 Å². The van der Waals surface area contributed by atoms with E-state index in [1.54, 1.807) is 30.4 Å². The molecule has 4 rings (SSSR count). The van der Waals surface area contributed by atoms with E-state index in [4.69, 9.17) is 0 Å². The summed E-state index contributed by atoms with van der Waals surface area (Å²) in [7, 11) is 0. The van der Waals surface area contributed by atoms with Crippen LogP contribution in [0.25, 0.3) is 10.2 Å². The van der Waals surface area contributed by atoms with Crippen LogP contribution in [-0.4, -0.2) is 20.3 Å². The zero-order valence-corrected chi connectivity index (χ0v) is 15.5. The van der Waals surface area contributed by atoms with Crippen molar-refractivity contribution >= 4 is 33.0 Å². The molecule has 0 saturated carbocycles. The zero-order chi connectivity index (χ0) is 19.1. The zero-order valence-electron chi connectivity index (χ0n) is 14.7. The maximum absolute atomic E-state index is 12.9. The van der Waals surface area contributed by atoms with Crippen LogP contribution < -0.4 is 5.56 Å². The van der Waals surface area contributed by atoms with E-state index in [9.17, 15) is 19.7 Å². The second-order valence-electron chi connectivity index (χ2n) is 6.75. The topological polar surface area (TPSA) is 95.1 Å². The van der Waals surface area contributed by atoms with E-state index in [2.05, 4.69) is 4.98 Å². The molecule has 138 valence electrons. The van der Waals surface area contributed by atoms with Crippen molar-refractivity contribution in [3.05, 3.63) is 66.6 Å². The molecule has 0 spiro atoms. The number of thiophene rings is 1. The third-order valence-electron chi connectivity index (χ3n) is 4.98. The maximum atomic E-state index is 12.9. The summed E-state index contributed by atoms with van der Waals surface area (Å²) in [5.74, 6) is -0.356. The minimum Gasteiger partial charge on any atom is -0.292 e. The fourth-order valence-corrected chi connectivity index (χ4v) is 4.74. The average Bonchev–Trinajstić information content (AvgIpc) is 3.03. The highest BCUT2D eigenvalue weighted by atomic mass is 32.1. The van der Waals surface area contributed by atoms with Crippen LogP contribution in [0.15, 0.2) is 29.3 Å². The largest absolute Gasteiger partial charge is 0.292 e. The van der Waals surface area contributed by atoms with Crippen molar-refractivity contribution in [1.29, 1.82) is 0 Å². The van der Waals surface area contributed by atoms with Crippen LogP contribution in [0.5, 0.6) is 0 Å². The van der Waals surface area contributed by atoms with Crippen molar-refractivity contribution in [3.63, 3.8) is 0 Å². The molecule has 0 radical (unpaired) electrons. The van der Waals surface area contributed by atoms with Gasteiger partial charge in [-0.2, -0.15) is 0 Å². The summed E-state index contributed by atoms with van der Waals surface area (Å²) < 4.78 is 1.30. The summed E-state index contributed by atoms with van der Waals surface area (Å²) in [4.78, 5) is 42.4. The minimum atomic E-state index is -0.510. The second kappa shape index (κ2) is 6.70. The summed E-state index contributed by atoms with van der Waals surface area (Å²) in [5.41, 5.74) is 1.46. The molecule has 0 fully saturated rings. The van der Waals surface area contributed by atoms with Gasteiger partial charge in [0.25, 0.3) is 11.2 Å². The Bertz CT molecular complexity index is 1150. The van der Waals surface area contributed by atoms with E-state index in [0.717, 1.165) is 36.1 Å². The normalized spacial score (nSPS) is 13.5. The third-order valence-corrected chi connectivity index (χ3v) is 6.18. The molecule has 1 aromatic carbocycles. The predicted molar refractivity (Wildman–Crippen MR) is 103 cm³/mol. The average molecular weight is 383 g/mol. The van der Waals surface area contributed by atoms with E-state index < -0.39 is 4.92 Å². The number of carbonyl (C=O) groups is 1. The van der Waals surface area contributed by atoms with Crippen molar-refractivity contribution < 1.29 is 9.72 Å². The molecule has 7 nitrogen and oxygen atoms in total. The lowest BCUT2D eigenvalue weighted by atomic mass is 9.97. The molecule has 0 saturated heterocycles. The molecule has 8 heteroatoms. The van der Waals surface area contributed by atoms with Crippen LogP contribution in [0.1, 0.15) is 39.2 Å². The highest BCUT2D eigenvalue weighted by Crippen LogP contribution is 2.33. The first-order chi connectivity index (χ1) is 13.0. The Hall–Kier alpha value is -2.87. The summed E-state index contributed by atoms with van der Waals surface area (Å²) in [5, 5.41) is 11.7. The first-order valence-corrected chi connectivity index (χ1v) is 9.55. The Morgan fingerprint density at radius 3 is 2.89 bits per heavy atom. The van der Waals surface area contributed by atoms with E-state index in [0.29, 0.717) is 10.9 Å². The van der Waals surface area contributed by atoms with Crippen molar-refractivity contribution in [1.82, 2.24) is 9.55 Å². The lowest BCUT2D eigenvalue weighted by Crippen LogP contribution is -2.25. The first-order valence-electron chi connectivity index (χ1n) is 8.73. The fourth-order valence-electron chi connectivity index (χ4n) is 3.52. The van der Waals surface area contributed by atoms with Crippen LogP contribution in [-0.2, 0) is 19.4 Å². The molecule has 2 aromatic heterocycles. The lowest BCUT2D eigenvalue weighted by Gasteiger charge is -2.10. The molecular formula is C19H17N3O4S. The first kappa shape index (κ1) is 17.5. The molecule has 0 N–H and O–H groups in total. The number of fused-ring (bicyclic) bond motifs is 3. The summed E-state index contributed by atoms with van der Waals surface area (Å²) in [6.45, 7) is 1.43. The monoisotopic (exact) mass is 383 g/mol. The molecular weight excluding hydrogens is 366 g/mol. The van der Waals surface area contributed by atoms with Gasteiger partial charge in [-0.25, -0.2) is 4.98 Å². The number of nitrogens with zero attached hydrogens (tertiary/aromatic N) is 3. The second-order valence-corrected chi connectivity index (χ2v) is 7.83.